The number of nitro groups is 1. The molecule has 1 saturated heterocycles. The Hall–Kier alpha value is -3.28. The van der Waals surface area contributed by atoms with Crippen LogP contribution in [-0.4, -0.2) is 23.2 Å². The average Bonchev–Trinajstić information content (AvgIpc) is 3.06. The molecule has 1 amide bonds. The molecule has 2 aromatic carbocycles. The maximum Gasteiger partial charge on any atom is 0.270 e. The largest absolute Gasteiger partial charge is 0.312 e. The normalized spacial score (nSPS) is 14.2. The number of carbonyl (C=O) groups excluding carboxylic acids is 2. The van der Waals surface area contributed by atoms with Gasteiger partial charge in [-0.25, -0.2) is 0 Å². The van der Waals surface area contributed by atoms with Crippen molar-refractivity contribution < 1.29 is 14.5 Å². The number of benzene rings is 2. The zero-order valence-electron chi connectivity index (χ0n) is 13.4. The zero-order valence-corrected chi connectivity index (χ0v) is 13.4. The Morgan fingerprint density at radius 3 is 2.56 bits per heavy atom. The first kappa shape index (κ1) is 16.6. The molecule has 1 heterocycles. The fourth-order valence-corrected chi connectivity index (χ4v) is 2.74. The molecule has 0 radical (unpaired) electrons. The maximum absolute atomic E-state index is 12.2. The van der Waals surface area contributed by atoms with Gasteiger partial charge in [0.2, 0.25) is 5.91 Å². The van der Waals surface area contributed by atoms with E-state index in [9.17, 15) is 19.7 Å². The minimum atomic E-state index is -0.475. The lowest BCUT2D eigenvalue weighted by atomic mass is 10.1. The Morgan fingerprint density at radius 1 is 1.16 bits per heavy atom. The minimum absolute atomic E-state index is 0.0192. The number of allylic oxidation sites excluding steroid dienone is 1. The van der Waals surface area contributed by atoms with Crippen LogP contribution in [0.15, 0.2) is 54.6 Å². The van der Waals surface area contributed by atoms with E-state index < -0.39 is 4.92 Å². The van der Waals surface area contributed by atoms with E-state index in [0.717, 1.165) is 12.1 Å². The van der Waals surface area contributed by atoms with Gasteiger partial charge in [0.1, 0.15) is 0 Å². The first-order chi connectivity index (χ1) is 12.0. The second kappa shape index (κ2) is 7.09. The molecule has 0 unspecified atom stereocenters. The summed E-state index contributed by atoms with van der Waals surface area (Å²) in [6.07, 6.45) is 4.35. The van der Waals surface area contributed by atoms with Crippen LogP contribution in [-0.2, 0) is 4.79 Å². The smallest absolute Gasteiger partial charge is 0.270 e. The first-order valence-electron chi connectivity index (χ1n) is 7.92. The molecule has 6 heteroatoms. The summed E-state index contributed by atoms with van der Waals surface area (Å²) >= 11 is 0. The third-order valence-corrected chi connectivity index (χ3v) is 4.05. The summed E-state index contributed by atoms with van der Waals surface area (Å²) in [7, 11) is 0. The fourth-order valence-electron chi connectivity index (χ4n) is 2.74. The molecule has 0 aromatic heterocycles. The molecule has 126 valence electrons. The van der Waals surface area contributed by atoms with E-state index >= 15 is 0 Å². The van der Waals surface area contributed by atoms with E-state index in [4.69, 9.17) is 0 Å². The number of carbonyl (C=O) groups is 2. The van der Waals surface area contributed by atoms with Crippen LogP contribution in [0.1, 0.15) is 28.8 Å². The van der Waals surface area contributed by atoms with Crippen LogP contribution in [0.3, 0.4) is 0 Å². The molecule has 1 fully saturated rings. The molecule has 1 aliphatic rings. The summed E-state index contributed by atoms with van der Waals surface area (Å²) < 4.78 is 0. The van der Waals surface area contributed by atoms with Gasteiger partial charge >= 0.3 is 0 Å². The second-order valence-electron chi connectivity index (χ2n) is 5.75. The first-order valence-corrected chi connectivity index (χ1v) is 7.92. The van der Waals surface area contributed by atoms with Crippen LogP contribution in [0, 0.1) is 10.1 Å². The van der Waals surface area contributed by atoms with Gasteiger partial charge in [-0.15, -0.1) is 0 Å². The lowest BCUT2D eigenvalue weighted by Gasteiger charge is -2.15. The van der Waals surface area contributed by atoms with Crippen molar-refractivity contribution in [3.8, 4) is 0 Å². The predicted octanol–water partition coefficient (Wildman–Crippen LogP) is 3.62. The monoisotopic (exact) mass is 336 g/mol. The molecule has 6 nitrogen and oxygen atoms in total. The van der Waals surface area contributed by atoms with E-state index in [1.54, 1.807) is 47.4 Å². The number of hydrogen-bond acceptors (Lipinski definition) is 4. The topological polar surface area (TPSA) is 80.5 Å². The number of amides is 1. The Labute approximate surface area is 144 Å². The molecular formula is C19H16N2O4. The van der Waals surface area contributed by atoms with Gasteiger partial charge in [-0.3, -0.25) is 19.7 Å². The van der Waals surface area contributed by atoms with E-state index in [1.807, 2.05) is 0 Å². The van der Waals surface area contributed by atoms with E-state index in [0.29, 0.717) is 24.1 Å². The van der Waals surface area contributed by atoms with Gasteiger partial charge in [-0.2, -0.15) is 0 Å². The Morgan fingerprint density at radius 2 is 1.92 bits per heavy atom. The SMILES string of the molecule is O=C(C=Cc1cccc([N+](=O)[O-])c1)c1ccc(N2CCCC2=O)cc1. The summed E-state index contributed by atoms with van der Waals surface area (Å²) in [5.74, 6) is -0.101. The van der Waals surface area contributed by atoms with Crippen LogP contribution < -0.4 is 4.90 Å². The highest BCUT2D eigenvalue weighted by atomic mass is 16.6. The van der Waals surface area contributed by atoms with Gasteiger partial charge in [0.25, 0.3) is 5.69 Å². The Bertz CT molecular complexity index is 856. The average molecular weight is 336 g/mol. The predicted molar refractivity (Wildman–Crippen MR) is 94.5 cm³/mol. The van der Waals surface area contributed by atoms with Crippen LogP contribution in [0.25, 0.3) is 6.08 Å². The number of ketones is 1. The quantitative estimate of drug-likeness (QED) is 0.361. The molecule has 0 bridgehead atoms. The molecule has 3 rings (SSSR count). The van der Waals surface area contributed by atoms with Gasteiger partial charge < -0.3 is 4.90 Å². The van der Waals surface area contributed by atoms with Crippen LogP contribution in [0.2, 0.25) is 0 Å². The van der Waals surface area contributed by atoms with Gasteiger partial charge in [0.15, 0.2) is 5.78 Å². The lowest BCUT2D eigenvalue weighted by molar-refractivity contribution is -0.384. The number of nitro benzene ring substituents is 1. The van der Waals surface area contributed by atoms with Crippen molar-refractivity contribution in [1.82, 2.24) is 0 Å². The number of hydrogen-bond donors (Lipinski definition) is 0. The van der Waals surface area contributed by atoms with Gasteiger partial charge in [0, 0.05) is 36.3 Å². The van der Waals surface area contributed by atoms with Crippen molar-refractivity contribution in [2.75, 3.05) is 11.4 Å². The van der Waals surface area contributed by atoms with Gasteiger partial charge in [-0.1, -0.05) is 18.2 Å². The van der Waals surface area contributed by atoms with Crippen molar-refractivity contribution in [2.45, 2.75) is 12.8 Å². The van der Waals surface area contributed by atoms with Crippen LogP contribution in [0.4, 0.5) is 11.4 Å². The highest BCUT2D eigenvalue weighted by Gasteiger charge is 2.21. The zero-order chi connectivity index (χ0) is 17.8. The molecule has 25 heavy (non-hydrogen) atoms. The third kappa shape index (κ3) is 3.80. The van der Waals surface area contributed by atoms with E-state index in [-0.39, 0.29) is 17.4 Å². The van der Waals surface area contributed by atoms with Crippen LogP contribution >= 0.6 is 0 Å². The van der Waals surface area contributed by atoms with Crippen molar-refractivity contribution >= 4 is 29.1 Å². The van der Waals surface area contributed by atoms with E-state index in [1.165, 1.54) is 18.2 Å². The van der Waals surface area contributed by atoms with Gasteiger partial charge in [-0.05, 0) is 42.3 Å². The summed E-state index contributed by atoms with van der Waals surface area (Å²) in [5.41, 5.74) is 1.86. The number of non-ortho nitro benzene ring substituents is 1. The Kier molecular flexibility index (Phi) is 4.70. The van der Waals surface area contributed by atoms with Crippen molar-refractivity contribution in [2.24, 2.45) is 0 Å². The molecule has 0 saturated carbocycles. The molecule has 0 N–H and O–H groups in total. The second-order valence-corrected chi connectivity index (χ2v) is 5.75. The standard InChI is InChI=1S/C19H16N2O4/c22-18(11-6-14-3-1-4-17(13-14)21(24)25)15-7-9-16(10-8-15)20-12-2-5-19(20)23/h1,3-4,6-11,13H,2,5,12H2. The number of anilines is 1. The number of nitrogens with zero attached hydrogens (tertiary/aromatic N) is 2. The molecule has 1 aliphatic heterocycles. The molecule has 0 aliphatic carbocycles. The summed E-state index contributed by atoms with van der Waals surface area (Å²) in [6.45, 7) is 0.707. The molecule has 2 aromatic rings. The van der Waals surface area contributed by atoms with E-state index in [2.05, 4.69) is 0 Å². The summed E-state index contributed by atoms with van der Waals surface area (Å²) in [5, 5.41) is 10.8. The lowest BCUT2D eigenvalue weighted by Crippen LogP contribution is -2.23. The van der Waals surface area contributed by atoms with Crippen molar-refractivity contribution in [3.05, 3.63) is 75.8 Å². The Balaban J connectivity index is 1.72. The maximum atomic E-state index is 12.2. The van der Waals surface area contributed by atoms with Gasteiger partial charge in [0.05, 0.1) is 4.92 Å². The molecule has 0 atom stereocenters. The molecular weight excluding hydrogens is 320 g/mol. The highest BCUT2D eigenvalue weighted by molar-refractivity contribution is 6.07. The van der Waals surface area contributed by atoms with Crippen LogP contribution in [0.5, 0.6) is 0 Å². The minimum Gasteiger partial charge on any atom is -0.312 e. The fraction of sp³-hybridized carbons (Fsp3) is 0.158. The molecule has 0 spiro atoms. The van der Waals surface area contributed by atoms with Crippen molar-refractivity contribution in [3.63, 3.8) is 0 Å². The summed E-state index contributed by atoms with van der Waals surface area (Å²) in [6, 6.07) is 13.0. The third-order valence-electron chi connectivity index (χ3n) is 4.05. The highest BCUT2D eigenvalue weighted by Crippen LogP contribution is 2.22. The summed E-state index contributed by atoms with van der Waals surface area (Å²) in [4.78, 5) is 36.0. The number of rotatable bonds is 5. The van der Waals surface area contributed by atoms with Crippen molar-refractivity contribution in [1.29, 1.82) is 0 Å².